The topological polar surface area (TPSA) is 88.3 Å². The fraction of sp³-hybridized carbons (Fsp3) is 0.615. The third-order valence-corrected chi connectivity index (χ3v) is 4.63. The van der Waals surface area contributed by atoms with E-state index in [1.165, 1.54) is 20.3 Å². The van der Waals surface area contributed by atoms with E-state index >= 15 is 0 Å². The van der Waals surface area contributed by atoms with Gasteiger partial charge in [-0.05, 0) is 24.5 Å². The third kappa shape index (κ3) is 4.73. The lowest BCUT2D eigenvalue weighted by Gasteiger charge is -2.15. The molecule has 0 radical (unpaired) electrons. The van der Waals surface area contributed by atoms with Gasteiger partial charge in [0.2, 0.25) is 10.0 Å². The highest BCUT2D eigenvalue weighted by Crippen LogP contribution is 2.14. The van der Waals surface area contributed by atoms with Crippen LogP contribution < -0.4 is 11.1 Å². The molecule has 1 heterocycles. The van der Waals surface area contributed by atoms with Crippen molar-refractivity contribution in [2.75, 3.05) is 26.0 Å². The number of aromatic nitrogens is 1. The summed E-state index contributed by atoms with van der Waals surface area (Å²) >= 11 is 0. The molecule has 0 fully saturated rings. The van der Waals surface area contributed by atoms with Crippen LogP contribution in [0.4, 0.5) is 5.82 Å². The van der Waals surface area contributed by atoms with Gasteiger partial charge in [-0.2, -0.15) is 0 Å². The van der Waals surface area contributed by atoms with Gasteiger partial charge in [0.15, 0.2) is 0 Å². The lowest BCUT2D eigenvalue weighted by Crippen LogP contribution is -2.30. The second-order valence-corrected chi connectivity index (χ2v) is 7.59. The summed E-state index contributed by atoms with van der Waals surface area (Å²) in [6.45, 7) is 4.86. The van der Waals surface area contributed by atoms with Gasteiger partial charge in [-0.3, -0.25) is 0 Å². The van der Waals surface area contributed by atoms with E-state index < -0.39 is 10.0 Å². The van der Waals surface area contributed by atoms with Gasteiger partial charge >= 0.3 is 0 Å². The maximum Gasteiger partial charge on any atom is 0.244 e. The molecule has 1 unspecified atom stereocenters. The molecular formula is C13H24N4O2S. The van der Waals surface area contributed by atoms with Crippen molar-refractivity contribution in [3.63, 3.8) is 0 Å². The van der Waals surface area contributed by atoms with E-state index in [2.05, 4.69) is 24.1 Å². The van der Waals surface area contributed by atoms with Crippen molar-refractivity contribution < 1.29 is 8.42 Å². The van der Waals surface area contributed by atoms with Crippen LogP contribution in [-0.2, 0) is 10.0 Å². The quantitative estimate of drug-likeness (QED) is 0.787. The monoisotopic (exact) mass is 300 g/mol. The fourth-order valence-corrected chi connectivity index (χ4v) is 2.62. The molecule has 7 heteroatoms. The number of nitrogens with zero attached hydrogens (tertiary/aromatic N) is 2. The Kier molecular flexibility index (Phi) is 5.91. The summed E-state index contributed by atoms with van der Waals surface area (Å²) in [5.74, 6) is 1.18. The number of anilines is 1. The number of rotatable bonds is 7. The highest BCUT2D eigenvalue weighted by molar-refractivity contribution is 7.89. The van der Waals surface area contributed by atoms with Crippen molar-refractivity contribution in [3.05, 3.63) is 18.3 Å². The van der Waals surface area contributed by atoms with Crippen molar-refractivity contribution in [1.82, 2.24) is 9.29 Å². The molecule has 1 rings (SSSR count). The number of nitrogens with two attached hydrogens (primary N) is 1. The number of hydrogen-bond donors (Lipinski definition) is 2. The number of nitrogens with one attached hydrogen (secondary N) is 1. The van der Waals surface area contributed by atoms with Gasteiger partial charge in [0.05, 0.1) is 0 Å². The van der Waals surface area contributed by atoms with Gasteiger partial charge in [0.1, 0.15) is 10.7 Å². The zero-order valence-electron chi connectivity index (χ0n) is 12.5. The van der Waals surface area contributed by atoms with Crippen LogP contribution in [-0.4, -0.2) is 44.4 Å². The summed E-state index contributed by atoms with van der Waals surface area (Å²) in [6, 6.07) is 3.25. The van der Waals surface area contributed by atoms with Gasteiger partial charge in [-0.1, -0.05) is 13.8 Å². The Bertz CT molecular complexity index is 512. The molecule has 0 saturated heterocycles. The Morgan fingerprint density at radius 2 is 2.00 bits per heavy atom. The molecule has 1 atom stereocenters. The van der Waals surface area contributed by atoms with E-state index in [0.717, 1.165) is 10.7 Å². The van der Waals surface area contributed by atoms with Crippen LogP contribution in [0.15, 0.2) is 23.2 Å². The lowest BCUT2D eigenvalue weighted by molar-refractivity contribution is 0.508. The van der Waals surface area contributed by atoms with Crippen LogP contribution in [0.1, 0.15) is 20.3 Å². The summed E-state index contributed by atoms with van der Waals surface area (Å²) in [5, 5.41) is 3.11. The SMILES string of the molecule is CC(C)CC(N)CNc1ccc(S(=O)(=O)N(C)C)cn1. The minimum absolute atomic E-state index is 0.0574. The molecule has 0 bridgehead atoms. The van der Waals surface area contributed by atoms with Gasteiger partial charge in [0, 0.05) is 32.9 Å². The zero-order valence-corrected chi connectivity index (χ0v) is 13.3. The second-order valence-electron chi connectivity index (χ2n) is 5.44. The Labute approximate surface area is 121 Å². The van der Waals surface area contributed by atoms with Crippen LogP contribution in [0.2, 0.25) is 0 Å². The summed E-state index contributed by atoms with van der Waals surface area (Å²) in [5.41, 5.74) is 5.97. The normalized spacial score (nSPS) is 13.8. The molecule has 1 aromatic rings. The van der Waals surface area contributed by atoms with Gasteiger partial charge in [0.25, 0.3) is 0 Å². The van der Waals surface area contributed by atoms with E-state index in [-0.39, 0.29) is 10.9 Å². The van der Waals surface area contributed by atoms with Crippen LogP contribution in [0.3, 0.4) is 0 Å². The first kappa shape index (κ1) is 16.9. The fourth-order valence-electron chi connectivity index (χ4n) is 1.77. The molecule has 114 valence electrons. The predicted octanol–water partition coefficient (Wildman–Crippen LogP) is 1.12. The molecule has 0 aliphatic carbocycles. The molecule has 3 N–H and O–H groups in total. The Hall–Kier alpha value is -1.18. The third-order valence-electron chi connectivity index (χ3n) is 2.83. The summed E-state index contributed by atoms with van der Waals surface area (Å²) in [7, 11) is -0.437. The van der Waals surface area contributed by atoms with E-state index in [0.29, 0.717) is 18.3 Å². The minimum Gasteiger partial charge on any atom is -0.369 e. The first-order chi connectivity index (χ1) is 9.23. The van der Waals surface area contributed by atoms with Crippen LogP contribution >= 0.6 is 0 Å². The number of hydrogen-bond acceptors (Lipinski definition) is 5. The zero-order chi connectivity index (χ0) is 15.3. The van der Waals surface area contributed by atoms with Crippen molar-refractivity contribution in [1.29, 1.82) is 0 Å². The van der Waals surface area contributed by atoms with Crippen LogP contribution in [0.25, 0.3) is 0 Å². The number of sulfonamides is 1. The molecular weight excluding hydrogens is 276 g/mol. The Morgan fingerprint density at radius 3 is 2.45 bits per heavy atom. The summed E-state index contributed by atoms with van der Waals surface area (Å²) < 4.78 is 24.9. The van der Waals surface area contributed by atoms with E-state index in [1.807, 2.05) is 0 Å². The summed E-state index contributed by atoms with van der Waals surface area (Å²) in [6.07, 6.45) is 2.28. The van der Waals surface area contributed by atoms with E-state index in [4.69, 9.17) is 5.73 Å². The average Bonchev–Trinajstić information content (AvgIpc) is 2.36. The number of pyridine rings is 1. The maximum atomic E-state index is 11.9. The van der Waals surface area contributed by atoms with Gasteiger partial charge in [-0.25, -0.2) is 17.7 Å². The molecule has 6 nitrogen and oxygen atoms in total. The van der Waals surface area contributed by atoms with E-state index in [9.17, 15) is 8.42 Å². The van der Waals surface area contributed by atoms with Gasteiger partial charge < -0.3 is 11.1 Å². The molecule has 0 aromatic carbocycles. The molecule has 1 aromatic heterocycles. The second kappa shape index (κ2) is 7.01. The minimum atomic E-state index is -3.42. The summed E-state index contributed by atoms with van der Waals surface area (Å²) in [4.78, 5) is 4.29. The van der Waals surface area contributed by atoms with E-state index in [1.54, 1.807) is 12.1 Å². The Balaban J connectivity index is 2.64. The van der Waals surface area contributed by atoms with Crippen LogP contribution in [0, 0.1) is 5.92 Å². The highest BCUT2D eigenvalue weighted by atomic mass is 32.2. The smallest absolute Gasteiger partial charge is 0.244 e. The standard InChI is InChI=1S/C13H24N4O2S/c1-10(2)7-11(14)8-15-13-6-5-12(9-16-13)20(18,19)17(3)4/h5-6,9-11H,7-8,14H2,1-4H3,(H,15,16). The molecule has 0 aliphatic rings. The molecule has 0 amide bonds. The van der Waals surface area contributed by atoms with Crippen molar-refractivity contribution in [2.45, 2.75) is 31.2 Å². The maximum absolute atomic E-state index is 11.9. The first-order valence-electron chi connectivity index (χ1n) is 6.61. The average molecular weight is 300 g/mol. The van der Waals surface area contributed by atoms with Crippen LogP contribution in [0.5, 0.6) is 0 Å². The van der Waals surface area contributed by atoms with Gasteiger partial charge in [-0.15, -0.1) is 0 Å². The largest absolute Gasteiger partial charge is 0.369 e. The van der Waals surface area contributed by atoms with Crippen molar-refractivity contribution in [3.8, 4) is 0 Å². The molecule has 20 heavy (non-hydrogen) atoms. The van der Waals surface area contributed by atoms with Crippen molar-refractivity contribution in [2.24, 2.45) is 11.7 Å². The molecule has 0 saturated carbocycles. The van der Waals surface area contributed by atoms with Crippen molar-refractivity contribution >= 4 is 15.8 Å². The predicted molar refractivity (Wildman–Crippen MR) is 81.0 cm³/mol. The Morgan fingerprint density at radius 1 is 1.35 bits per heavy atom. The molecule has 0 spiro atoms. The highest BCUT2D eigenvalue weighted by Gasteiger charge is 2.17. The molecule has 0 aliphatic heterocycles. The first-order valence-corrected chi connectivity index (χ1v) is 8.05. The lowest BCUT2D eigenvalue weighted by atomic mass is 10.0.